The zero-order valence-corrected chi connectivity index (χ0v) is 11.3. The smallest absolute Gasteiger partial charge is 0.338 e. The lowest BCUT2D eigenvalue weighted by molar-refractivity contribution is 0.0691. The van der Waals surface area contributed by atoms with Crippen LogP contribution in [0.5, 0.6) is 0 Å². The van der Waals surface area contributed by atoms with Crippen LogP contribution < -0.4 is 0 Å². The number of piperidine rings is 1. The fourth-order valence-electron chi connectivity index (χ4n) is 2.36. The molecule has 3 nitrogen and oxygen atoms in total. The van der Waals surface area contributed by atoms with Gasteiger partial charge in [-0.1, -0.05) is 0 Å². The van der Waals surface area contributed by atoms with Crippen molar-refractivity contribution in [3.8, 4) is 0 Å². The molecule has 1 fully saturated rings. The van der Waals surface area contributed by atoms with Gasteiger partial charge in [0.2, 0.25) is 0 Å². The molecule has 2 rings (SSSR count). The number of hydrogen-bond donors (Lipinski definition) is 1. The summed E-state index contributed by atoms with van der Waals surface area (Å²) in [5.74, 6) is -2.96. The number of likely N-dealkylation sites (tertiary alicyclic amines) is 1. The summed E-state index contributed by atoms with van der Waals surface area (Å²) in [5.41, 5.74) is -0.310. The molecule has 0 bridgehead atoms. The number of halogens is 3. The highest BCUT2D eigenvalue weighted by Crippen LogP contribution is 2.30. The van der Waals surface area contributed by atoms with Gasteiger partial charge in [-0.05, 0) is 56.6 Å². The van der Waals surface area contributed by atoms with Gasteiger partial charge in [-0.25, -0.2) is 13.6 Å². The van der Waals surface area contributed by atoms with Gasteiger partial charge in [0, 0.05) is 0 Å². The Hall–Kier alpha value is -1.20. The molecule has 106 valence electrons. The molecule has 1 N–H and O–H groups in total. The third kappa shape index (κ3) is 3.42. The first-order chi connectivity index (χ1) is 8.49. The molecule has 6 heteroatoms. The highest BCUT2D eigenvalue weighted by Gasteiger charge is 2.24. The van der Waals surface area contributed by atoms with Gasteiger partial charge in [0.1, 0.15) is 11.6 Å². The van der Waals surface area contributed by atoms with Crippen LogP contribution in [0, 0.1) is 11.6 Å². The zero-order chi connectivity index (χ0) is 13.3. The van der Waals surface area contributed by atoms with Gasteiger partial charge in [-0.15, -0.1) is 12.4 Å². The molecule has 0 atom stereocenters. The zero-order valence-electron chi connectivity index (χ0n) is 10.5. The van der Waals surface area contributed by atoms with Crippen molar-refractivity contribution in [2.45, 2.75) is 18.8 Å². The van der Waals surface area contributed by atoms with E-state index in [0.717, 1.165) is 38.1 Å². The van der Waals surface area contributed by atoms with Gasteiger partial charge < -0.3 is 10.0 Å². The van der Waals surface area contributed by atoms with E-state index in [1.54, 1.807) is 0 Å². The molecule has 1 saturated heterocycles. The highest BCUT2D eigenvalue weighted by molar-refractivity contribution is 5.88. The minimum Gasteiger partial charge on any atom is -0.478 e. The molecule has 1 aromatic carbocycles. The molecule has 0 unspecified atom stereocenters. The van der Waals surface area contributed by atoms with E-state index >= 15 is 0 Å². The maximum atomic E-state index is 13.8. The minimum absolute atomic E-state index is 0. The van der Waals surface area contributed by atoms with Crippen molar-refractivity contribution in [3.63, 3.8) is 0 Å². The van der Waals surface area contributed by atoms with Crippen LogP contribution in [0.1, 0.15) is 34.7 Å². The number of benzene rings is 1. The van der Waals surface area contributed by atoms with Crippen molar-refractivity contribution < 1.29 is 18.7 Å². The molecule has 0 aromatic heterocycles. The topological polar surface area (TPSA) is 40.5 Å². The Morgan fingerprint density at radius 3 is 2.37 bits per heavy atom. The van der Waals surface area contributed by atoms with Gasteiger partial charge in [-0.2, -0.15) is 0 Å². The van der Waals surface area contributed by atoms with Crippen molar-refractivity contribution in [2.75, 3.05) is 20.1 Å². The van der Waals surface area contributed by atoms with Crippen LogP contribution in [0.2, 0.25) is 0 Å². The fraction of sp³-hybridized carbons (Fsp3) is 0.462. The van der Waals surface area contributed by atoms with Crippen molar-refractivity contribution in [1.82, 2.24) is 4.90 Å². The number of nitrogens with zero attached hydrogens (tertiary/aromatic N) is 1. The van der Waals surface area contributed by atoms with E-state index in [9.17, 15) is 13.6 Å². The molecule has 0 aliphatic carbocycles. The molecular weight excluding hydrogens is 276 g/mol. The monoisotopic (exact) mass is 291 g/mol. The Morgan fingerprint density at radius 2 is 1.84 bits per heavy atom. The number of carbonyl (C=O) groups is 1. The van der Waals surface area contributed by atoms with Crippen LogP contribution >= 0.6 is 12.4 Å². The molecule has 0 spiro atoms. The molecule has 19 heavy (non-hydrogen) atoms. The molecule has 0 radical (unpaired) electrons. The number of hydrogen-bond acceptors (Lipinski definition) is 2. The SMILES string of the molecule is CN1CCC(c2cc(F)c(C(=O)O)cc2F)CC1.Cl. The van der Waals surface area contributed by atoms with Gasteiger partial charge in [0.15, 0.2) is 0 Å². The Kier molecular flexibility index (Phi) is 5.26. The number of aromatic carboxylic acids is 1. The van der Waals surface area contributed by atoms with E-state index in [1.807, 2.05) is 7.05 Å². The van der Waals surface area contributed by atoms with Crippen molar-refractivity contribution in [2.24, 2.45) is 0 Å². The number of rotatable bonds is 2. The standard InChI is InChI=1S/C13H15F2NO2.ClH/c1-16-4-2-8(3-5-16)9-6-12(15)10(13(17)18)7-11(9)14;/h6-8H,2-5H2,1H3,(H,17,18);1H. The Balaban J connectivity index is 0.00000180. The third-order valence-corrected chi connectivity index (χ3v) is 3.48. The summed E-state index contributed by atoms with van der Waals surface area (Å²) < 4.78 is 27.4. The molecule has 1 aromatic rings. The van der Waals surface area contributed by atoms with Crippen LogP contribution in [-0.2, 0) is 0 Å². The van der Waals surface area contributed by atoms with Gasteiger partial charge in [0.25, 0.3) is 0 Å². The van der Waals surface area contributed by atoms with Gasteiger partial charge >= 0.3 is 5.97 Å². The Labute approximate surface area is 116 Å². The predicted molar refractivity (Wildman–Crippen MR) is 70.0 cm³/mol. The molecule has 0 amide bonds. The summed E-state index contributed by atoms with van der Waals surface area (Å²) in [6, 6.07) is 1.82. The molecule has 1 aliphatic rings. The predicted octanol–water partition coefficient (Wildman–Crippen LogP) is 2.89. The highest BCUT2D eigenvalue weighted by atomic mass is 35.5. The van der Waals surface area contributed by atoms with Crippen molar-refractivity contribution in [3.05, 3.63) is 34.9 Å². The average molecular weight is 292 g/mol. The lowest BCUT2D eigenvalue weighted by Gasteiger charge is -2.29. The second kappa shape index (κ2) is 6.30. The summed E-state index contributed by atoms with van der Waals surface area (Å²) >= 11 is 0. The van der Waals surface area contributed by atoms with Crippen LogP contribution in [0.25, 0.3) is 0 Å². The van der Waals surface area contributed by atoms with E-state index < -0.39 is 23.2 Å². The number of carboxylic acid groups (broad SMARTS) is 1. The fourth-order valence-corrected chi connectivity index (χ4v) is 2.36. The largest absolute Gasteiger partial charge is 0.478 e. The quantitative estimate of drug-likeness (QED) is 0.911. The first-order valence-corrected chi connectivity index (χ1v) is 5.90. The van der Waals surface area contributed by atoms with Crippen LogP contribution in [0.3, 0.4) is 0 Å². The molecular formula is C13H16ClF2NO2. The van der Waals surface area contributed by atoms with Gasteiger partial charge in [0.05, 0.1) is 5.56 Å². The first kappa shape index (κ1) is 15.9. The second-order valence-corrected chi connectivity index (χ2v) is 4.74. The average Bonchev–Trinajstić information content (AvgIpc) is 2.32. The molecule has 0 saturated carbocycles. The normalized spacial score (nSPS) is 17.0. The molecule has 1 aliphatic heterocycles. The Morgan fingerprint density at radius 1 is 1.26 bits per heavy atom. The van der Waals surface area contributed by atoms with E-state index in [-0.39, 0.29) is 18.3 Å². The van der Waals surface area contributed by atoms with E-state index in [2.05, 4.69) is 4.90 Å². The van der Waals surface area contributed by atoms with Gasteiger partial charge in [-0.3, -0.25) is 0 Å². The minimum atomic E-state index is -1.44. The lowest BCUT2D eigenvalue weighted by Crippen LogP contribution is -2.29. The third-order valence-electron chi connectivity index (χ3n) is 3.48. The summed E-state index contributed by atoms with van der Waals surface area (Å²) in [5, 5.41) is 8.71. The van der Waals surface area contributed by atoms with E-state index in [1.165, 1.54) is 0 Å². The molecule has 1 heterocycles. The lowest BCUT2D eigenvalue weighted by atomic mass is 9.88. The van der Waals surface area contributed by atoms with Crippen molar-refractivity contribution in [1.29, 1.82) is 0 Å². The summed E-state index contributed by atoms with van der Waals surface area (Å²) in [4.78, 5) is 12.8. The van der Waals surface area contributed by atoms with Crippen molar-refractivity contribution >= 4 is 18.4 Å². The number of carboxylic acids is 1. The maximum absolute atomic E-state index is 13.8. The van der Waals surface area contributed by atoms with Crippen LogP contribution in [0.15, 0.2) is 12.1 Å². The maximum Gasteiger partial charge on any atom is 0.338 e. The summed E-state index contributed by atoms with van der Waals surface area (Å²) in [6.07, 6.45) is 1.53. The second-order valence-electron chi connectivity index (χ2n) is 4.74. The van der Waals surface area contributed by atoms with Crippen LogP contribution in [0.4, 0.5) is 8.78 Å². The van der Waals surface area contributed by atoms with E-state index in [4.69, 9.17) is 5.11 Å². The summed E-state index contributed by atoms with van der Waals surface area (Å²) in [6.45, 7) is 1.68. The first-order valence-electron chi connectivity index (χ1n) is 5.90. The van der Waals surface area contributed by atoms with Crippen LogP contribution in [-0.4, -0.2) is 36.1 Å². The Bertz CT molecular complexity index is 474. The summed E-state index contributed by atoms with van der Waals surface area (Å²) in [7, 11) is 1.99. The van der Waals surface area contributed by atoms with E-state index in [0.29, 0.717) is 5.56 Å².